The Bertz CT molecular complexity index is 1020. The molecule has 0 saturated carbocycles. The summed E-state index contributed by atoms with van der Waals surface area (Å²) in [6.07, 6.45) is -3.73. The number of rotatable bonds is 4. The maximum Gasteiger partial charge on any atom is 0.416 e. The van der Waals surface area contributed by atoms with Crippen LogP contribution in [0.4, 0.5) is 13.2 Å². The minimum atomic E-state index is -4.58. The lowest BCUT2D eigenvalue weighted by Crippen LogP contribution is -2.10. The van der Waals surface area contributed by atoms with E-state index >= 15 is 0 Å². The molecule has 0 unspecified atom stereocenters. The van der Waals surface area contributed by atoms with Gasteiger partial charge in [0.2, 0.25) is 5.78 Å². The van der Waals surface area contributed by atoms with Crippen LogP contribution >= 0.6 is 0 Å². The van der Waals surface area contributed by atoms with Crippen LogP contribution in [-0.2, 0) is 17.4 Å². The molecule has 3 aromatic rings. The lowest BCUT2D eigenvalue weighted by atomic mass is 10.0. The van der Waals surface area contributed by atoms with Gasteiger partial charge in [0.15, 0.2) is 0 Å². The SMILES string of the molecule is Cc1ccnc(C(=O)c2[nH]c3ccc(C(F)(F)F)cc3c2CC(=O)O)c1. The Morgan fingerprint density at radius 1 is 1.19 bits per heavy atom. The molecule has 1 aromatic carbocycles. The number of H-pyrrole nitrogens is 1. The molecular weight excluding hydrogens is 349 g/mol. The predicted molar refractivity (Wildman–Crippen MR) is 87.0 cm³/mol. The number of nitrogens with zero attached hydrogens (tertiary/aromatic N) is 1. The van der Waals surface area contributed by atoms with Crippen molar-refractivity contribution in [3.8, 4) is 0 Å². The molecule has 0 bridgehead atoms. The van der Waals surface area contributed by atoms with Crippen molar-refractivity contribution in [2.24, 2.45) is 0 Å². The number of hydrogen-bond donors (Lipinski definition) is 2. The van der Waals surface area contributed by atoms with Gasteiger partial charge >= 0.3 is 12.1 Å². The van der Waals surface area contributed by atoms with E-state index in [0.717, 1.165) is 17.7 Å². The first-order valence-corrected chi connectivity index (χ1v) is 7.58. The summed E-state index contributed by atoms with van der Waals surface area (Å²) in [6, 6.07) is 6.13. The second kappa shape index (κ2) is 6.29. The number of carboxylic acid groups (broad SMARTS) is 1. The molecule has 0 fully saturated rings. The molecule has 26 heavy (non-hydrogen) atoms. The predicted octanol–water partition coefficient (Wildman–Crippen LogP) is 3.75. The molecule has 0 atom stereocenters. The van der Waals surface area contributed by atoms with Crippen LogP contribution in [0.2, 0.25) is 0 Å². The molecule has 0 spiro atoms. The smallest absolute Gasteiger partial charge is 0.416 e. The zero-order valence-electron chi connectivity index (χ0n) is 13.5. The number of ketones is 1. The van der Waals surface area contributed by atoms with Crippen molar-refractivity contribution in [2.75, 3.05) is 0 Å². The van der Waals surface area contributed by atoms with Gasteiger partial charge in [-0.2, -0.15) is 13.2 Å². The molecule has 2 aromatic heterocycles. The van der Waals surface area contributed by atoms with Crippen molar-refractivity contribution >= 4 is 22.7 Å². The Morgan fingerprint density at radius 3 is 2.54 bits per heavy atom. The molecule has 0 radical (unpaired) electrons. The minimum Gasteiger partial charge on any atom is -0.481 e. The van der Waals surface area contributed by atoms with Gasteiger partial charge in [0.05, 0.1) is 17.7 Å². The Hall–Kier alpha value is -3.16. The molecule has 3 rings (SSSR count). The summed E-state index contributed by atoms with van der Waals surface area (Å²) in [7, 11) is 0. The highest BCUT2D eigenvalue weighted by Gasteiger charge is 2.31. The summed E-state index contributed by atoms with van der Waals surface area (Å²) < 4.78 is 38.9. The third kappa shape index (κ3) is 3.30. The molecule has 0 aliphatic rings. The average Bonchev–Trinajstić information content (AvgIpc) is 2.90. The van der Waals surface area contributed by atoms with Crippen LogP contribution in [0.5, 0.6) is 0 Å². The summed E-state index contributed by atoms with van der Waals surface area (Å²) in [5.41, 5.74) is 0.137. The first-order valence-electron chi connectivity index (χ1n) is 7.58. The Kier molecular flexibility index (Phi) is 4.27. The number of nitrogens with one attached hydrogen (secondary N) is 1. The monoisotopic (exact) mass is 362 g/mol. The van der Waals surface area contributed by atoms with Gasteiger partial charge in [-0.05, 0) is 42.8 Å². The third-order valence-corrected chi connectivity index (χ3v) is 3.94. The fourth-order valence-electron chi connectivity index (χ4n) is 2.74. The molecule has 0 aliphatic heterocycles. The lowest BCUT2D eigenvalue weighted by Gasteiger charge is -2.07. The van der Waals surface area contributed by atoms with Gasteiger partial charge in [0.1, 0.15) is 5.69 Å². The summed E-state index contributed by atoms with van der Waals surface area (Å²) in [6.45, 7) is 1.76. The van der Waals surface area contributed by atoms with E-state index < -0.39 is 29.9 Å². The molecule has 134 valence electrons. The zero-order valence-corrected chi connectivity index (χ0v) is 13.5. The van der Waals surface area contributed by atoms with Gasteiger partial charge in [-0.15, -0.1) is 0 Å². The normalized spacial score (nSPS) is 11.7. The van der Waals surface area contributed by atoms with Crippen LogP contribution in [0.1, 0.15) is 32.9 Å². The quantitative estimate of drug-likeness (QED) is 0.693. The average molecular weight is 362 g/mol. The van der Waals surface area contributed by atoms with Crippen molar-refractivity contribution in [3.63, 3.8) is 0 Å². The number of hydrogen-bond acceptors (Lipinski definition) is 3. The van der Waals surface area contributed by atoms with Crippen molar-refractivity contribution < 1.29 is 27.9 Å². The number of aliphatic carboxylic acids is 1. The van der Waals surface area contributed by atoms with E-state index in [1.807, 2.05) is 0 Å². The fourth-order valence-corrected chi connectivity index (χ4v) is 2.74. The standard InChI is InChI=1S/C18H13F3N2O3/c1-9-4-5-22-14(6-9)17(26)16-12(8-15(24)25)11-7-10(18(19,20)21)2-3-13(11)23-16/h2-7,23H,8H2,1H3,(H,24,25). The number of benzene rings is 1. The molecule has 0 saturated heterocycles. The van der Waals surface area contributed by atoms with Crippen molar-refractivity contribution in [1.29, 1.82) is 0 Å². The zero-order chi connectivity index (χ0) is 19.1. The Labute approximate surface area is 145 Å². The number of alkyl halides is 3. The van der Waals surface area contributed by atoms with E-state index in [-0.39, 0.29) is 27.9 Å². The van der Waals surface area contributed by atoms with E-state index in [1.165, 1.54) is 18.3 Å². The Morgan fingerprint density at radius 2 is 1.92 bits per heavy atom. The summed E-state index contributed by atoms with van der Waals surface area (Å²) in [5, 5.41) is 9.19. The molecule has 2 heterocycles. The largest absolute Gasteiger partial charge is 0.481 e. The fraction of sp³-hybridized carbons (Fsp3) is 0.167. The van der Waals surface area contributed by atoms with Crippen LogP contribution in [0, 0.1) is 6.92 Å². The second-order valence-electron chi connectivity index (χ2n) is 5.85. The number of carbonyl (C=O) groups is 2. The van der Waals surface area contributed by atoms with Gasteiger partial charge in [-0.3, -0.25) is 14.6 Å². The molecule has 5 nitrogen and oxygen atoms in total. The third-order valence-electron chi connectivity index (χ3n) is 3.94. The van der Waals surface area contributed by atoms with E-state index in [2.05, 4.69) is 9.97 Å². The highest BCUT2D eigenvalue weighted by Crippen LogP contribution is 2.33. The maximum atomic E-state index is 13.0. The number of aryl methyl sites for hydroxylation is 1. The maximum absolute atomic E-state index is 13.0. The molecule has 0 amide bonds. The number of carboxylic acids is 1. The number of halogens is 3. The number of carbonyl (C=O) groups excluding carboxylic acids is 1. The summed E-state index contributed by atoms with van der Waals surface area (Å²) in [4.78, 5) is 30.6. The summed E-state index contributed by atoms with van der Waals surface area (Å²) >= 11 is 0. The number of pyridine rings is 1. The molecule has 0 aliphatic carbocycles. The second-order valence-corrected chi connectivity index (χ2v) is 5.85. The highest BCUT2D eigenvalue weighted by molar-refractivity contribution is 6.11. The lowest BCUT2D eigenvalue weighted by molar-refractivity contribution is -0.137. The van der Waals surface area contributed by atoms with Gasteiger partial charge < -0.3 is 10.1 Å². The number of aromatic nitrogens is 2. The van der Waals surface area contributed by atoms with Crippen LogP contribution in [0.25, 0.3) is 10.9 Å². The molecule has 2 N–H and O–H groups in total. The van der Waals surface area contributed by atoms with Crippen molar-refractivity contribution in [3.05, 3.63) is 64.6 Å². The summed E-state index contributed by atoms with van der Waals surface area (Å²) in [5.74, 6) is -1.83. The molecule has 8 heteroatoms. The number of fused-ring (bicyclic) bond motifs is 1. The van der Waals surface area contributed by atoms with Crippen LogP contribution in [0.3, 0.4) is 0 Å². The van der Waals surface area contributed by atoms with E-state index in [9.17, 15) is 22.8 Å². The topological polar surface area (TPSA) is 83.0 Å². The van der Waals surface area contributed by atoms with Crippen molar-refractivity contribution in [2.45, 2.75) is 19.5 Å². The first-order chi connectivity index (χ1) is 12.2. The van der Waals surface area contributed by atoms with Crippen LogP contribution in [0.15, 0.2) is 36.5 Å². The molecular formula is C18H13F3N2O3. The first kappa shape index (κ1) is 17.7. The highest BCUT2D eigenvalue weighted by atomic mass is 19.4. The van der Waals surface area contributed by atoms with E-state index in [1.54, 1.807) is 13.0 Å². The van der Waals surface area contributed by atoms with E-state index in [0.29, 0.717) is 0 Å². The van der Waals surface area contributed by atoms with Crippen molar-refractivity contribution in [1.82, 2.24) is 9.97 Å². The number of aromatic amines is 1. The van der Waals surface area contributed by atoms with Crippen LogP contribution < -0.4 is 0 Å². The van der Waals surface area contributed by atoms with Gasteiger partial charge in [0.25, 0.3) is 0 Å². The minimum absolute atomic E-state index is 0.00639. The van der Waals surface area contributed by atoms with Crippen LogP contribution in [-0.4, -0.2) is 26.8 Å². The van der Waals surface area contributed by atoms with Gasteiger partial charge in [-0.1, -0.05) is 0 Å². The van der Waals surface area contributed by atoms with Gasteiger partial charge in [-0.25, -0.2) is 0 Å². The Balaban J connectivity index is 2.21. The van der Waals surface area contributed by atoms with E-state index in [4.69, 9.17) is 5.11 Å². The van der Waals surface area contributed by atoms with Gasteiger partial charge in [0, 0.05) is 22.7 Å².